The lowest BCUT2D eigenvalue weighted by Crippen LogP contribution is -2.13. The van der Waals surface area contributed by atoms with Crippen molar-refractivity contribution >= 4 is 22.7 Å². The largest absolute Gasteiger partial charge is 0.398 e. The molecular weight excluding hydrogens is 272 g/mol. The fraction of sp³-hybridized carbons (Fsp3) is 0.0714. The van der Waals surface area contributed by atoms with Crippen LogP contribution in [0.5, 0.6) is 0 Å². The fourth-order valence-corrected chi connectivity index (χ4v) is 2.68. The number of benzene rings is 1. The lowest BCUT2D eigenvalue weighted by molar-refractivity contribution is 0.987. The van der Waals surface area contributed by atoms with E-state index in [2.05, 4.69) is 10.3 Å². The molecule has 0 saturated carbocycles. The van der Waals surface area contributed by atoms with Crippen molar-refractivity contribution in [1.29, 1.82) is 0 Å². The van der Waals surface area contributed by atoms with E-state index in [0.717, 1.165) is 21.9 Å². The van der Waals surface area contributed by atoms with Gasteiger partial charge in [0.25, 0.3) is 0 Å². The summed E-state index contributed by atoms with van der Waals surface area (Å²) in [6.07, 6.45) is 3.32. The Labute approximate surface area is 119 Å². The number of nitrogen functional groups attached to an aromatic ring is 1. The van der Waals surface area contributed by atoms with E-state index >= 15 is 0 Å². The van der Waals surface area contributed by atoms with Crippen molar-refractivity contribution < 1.29 is 0 Å². The third-order valence-corrected chi connectivity index (χ3v) is 3.96. The van der Waals surface area contributed by atoms with Gasteiger partial charge in [-0.2, -0.15) is 0 Å². The first-order valence-corrected chi connectivity index (χ1v) is 7.04. The molecule has 0 spiro atoms. The van der Waals surface area contributed by atoms with Crippen LogP contribution in [0.25, 0.3) is 5.69 Å². The first-order valence-electron chi connectivity index (χ1n) is 6.16. The van der Waals surface area contributed by atoms with Crippen LogP contribution in [0.15, 0.2) is 52.9 Å². The molecule has 0 fully saturated rings. The average Bonchev–Trinajstić information content (AvgIpc) is 3.06. The number of thiophene rings is 1. The summed E-state index contributed by atoms with van der Waals surface area (Å²) in [5, 5.41) is 5.29. The third kappa shape index (κ3) is 2.46. The smallest absolute Gasteiger partial charge is 0.330 e. The molecule has 0 radical (unpaired) electrons. The number of nitrogens with one attached hydrogen (secondary N) is 2. The number of imidazole rings is 1. The highest BCUT2D eigenvalue weighted by atomic mass is 32.1. The molecule has 1 aromatic carbocycles. The van der Waals surface area contributed by atoms with E-state index in [4.69, 9.17) is 5.73 Å². The number of H-pyrrole nitrogens is 1. The molecular formula is C14H14N4OS. The molecule has 6 heteroatoms. The molecule has 0 aliphatic rings. The van der Waals surface area contributed by atoms with Crippen LogP contribution in [0, 0.1) is 0 Å². The van der Waals surface area contributed by atoms with E-state index < -0.39 is 0 Å². The van der Waals surface area contributed by atoms with Gasteiger partial charge in [-0.1, -0.05) is 0 Å². The monoisotopic (exact) mass is 286 g/mol. The van der Waals surface area contributed by atoms with Crippen molar-refractivity contribution in [3.05, 3.63) is 63.5 Å². The number of nitrogens with zero attached hydrogens (tertiary/aromatic N) is 1. The fourth-order valence-electron chi connectivity index (χ4n) is 1.94. The summed E-state index contributed by atoms with van der Waals surface area (Å²) < 4.78 is 1.56. The third-order valence-electron chi connectivity index (χ3n) is 3.03. The minimum atomic E-state index is -0.142. The maximum atomic E-state index is 11.5. The minimum Gasteiger partial charge on any atom is -0.398 e. The molecule has 0 aliphatic heterocycles. The Morgan fingerprint density at radius 2 is 2.05 bits per heavy atom. The van der Waals surface area contributed by atoms with E-state index in [0.29, 0.717) is 6.54 Å². The maximum Gasteiger partial charge on any atom is 0.330 e. The molecule has 0 saturated heterocycles. The Bertz CT molecular complexity index is 754. The Morgan fingerprint density at radius 1 is 1.25 bits per heavy atom. The zero-order valence-corrected chi connectivity index (χ0v) is 11.5. The first-order chi connectivity index (χ1) is 9.74. The first kappa shape index (κ1) is 12.6. The van der Waals surface area contributed by atoms with Crippen LogP contribution in [0.4, 0.5) is 11.4 Å². The summed E-state index contributed by atoms with van der Waals surface area (Å²) in [7, 11) is 0. The van der Waals surface area contributed by atoms with Crippen molar-refractivity contribution in [2.45, 2.75) is 6.54 Å². The van der Waals surface area contributed by atoms with Crippen LogP contribution < -0.4 is 16.7 Å². The lowest BCUT2D eigenvalue weighted by Gasteiger charge is -2.07. The highest BCUT2D eigenvalue weighted by Crippen LogP contribution is 2.20. The summed E-state index contributed by atoms with van der Waals surface area (Å²) in [6.45, 7) is 0.701. The van der Waals surface area contributed by atoms with Gasteiger partial charge >= 0.3 is 5.69 Å². The molecule has 3 aromatic rings. The van der Waals surface area contributed by atoms with Crippen molar-refractivity contribution in [2.75, 3.05) is 11.1 Å². The van der Waals surface area contributed by atoms with Crippen molar-refractivity contribution in [3.63, 3.8) is 0 Å². The number of rotatable bonds is 4. The van der Waals surface area contributed by atoms with Gasteiger partial charge in [0.1, 0.15) is 0 Å². The van der Waals surface area contributed by atoms with Crippen LogP contribution in [-0.2, 0) is 6.54 Å². The molecule has 4 N–H and O–H groups in total. The van der Waals surface area contributed by atoms with Gasteiger partial charge in [0.15, 0.2) is 0 Å². The van der Waals surface area contributed by atoms with Crippen LogP contribution in [0.3, 0.4) is 0 Å². The highest BCUT2D eigenvalue weighted by Gasteiger charge is 2.02. The minimum absolute atomic E-state index is 0.142. The number of aromatic amines is 1. The van der Waals surface area contributed by atoms with Gasteiger partial charge in [0, 0.05) is 28.6 Å². The Kier molecular flexibility index (Phi) is 3.30. The van der Waals surface area contributed by atoms with E-state index in [-0.39, 0.29) is 5.69 Å². The molecule has 20 heavy (non-hydrogen) atoms. The Hall–Kier alpha value is -2.47. The van der Waals surface area contributed by atoms with E-state index in [1.807, 2.05) is 35.7 Å². The average molecular weight is 286 g/mol. The SMILES string of the molecule is Nc1ccsc1CNc1ccc(-n2cc[nH]c2=O)cc1. The van der Waals surface area contributed by atoms with Gasteiger partial charge in [0.05, 0.1) is 12.2 Å². The molecule has 102 valence electrons. The summed E-state index contributed by atoms with van der Waals surface area (Å²) in [4.78, 5) is 15.2. The number of hydrogen-bond acceptors (Lipinski definition) is 4. The van der Waals surface area contributed by atoms with Crippen LogP contribution in [0.1, 0.15) is 4.88 Å². The zero-order chi connectivity index (χ0) is 13.9. The second-order valence-corrected chi connectivity index (χ2v) is 5.34. The molecule has 0 bridgehead atoms. The zero-order valence-electron chi connectivity index (χ0n) is 10.7. The number of nitrogens with two attached hydrogens (primary N) is 1. The predicted molar refractivity (Wildman–Crippen MR) is 82.4 cm³/mol. The Balaban J connectivity index is 1.72. The normalized spacial score (nSPS) is 10.6. The summed E-state index contributed by atoms with van der Waals surface area (Å²) in [5.74, 6) is 0. The van der Waals surface area contributed by atoms with Gasteiger partial charge < -0.3 is 16.0 Å². The van der Waals surface area contributed by atoms with Gasteiger partial charge in [0.2, 0.25) is 0 Å². The summed E-state index contributed by atoms with van der Waals surface area (Å²) in [6, 6.07) is 9.59. The second kappa shape index (κ2) is 5.26. The van der Waals surface area contributed by atoms with Gasteiger partial charge in [-0.05, 0) is 35.7 Å². The molecule has 0 amide bonds. The molecule has 3 rings (SSSR count). The quantitative estimate of drug-likeness (QED) is 0.689. The number of aromatic nitrogens is 2. The maximum absolute atomic E-state index is 11.5. The number of hydrogen-bond donors (Lipinski definition) is 3. The molecule has 2 heterocycles. The lowest BCUT2D eigenvalue weighted by atomic mass is 10.2. The van der Waals surface area contributed by atoms with Gasteiger partial charge in [-0.15, -0.1) is 11.3 Å². The van der Waals surface area contributed by atoms with E-state index in [1.165, 1.54) is 0 Å². The van der Waals surface area contributed by atoms with Crippen LogP contribution in [-0.4, -0.2) is 9.55 Å². The van der Waals surface area contributed by atoms with Crippen molar-refractivity contribution in [3.8, 4) is 5.69 Å². The van der Waals surface area contributed by atoms with E-state index in [1.54, 1.807) is 28.3 Å². The van der Waals surface area contributed by atoms with Gasteiger partial charge in [-0.25, -0.2) is 4.79 Å². The molecule has 0 unspecified atom stereocenters. The second-order valence-electron chi connectivity index (χ2n) is 4.33. The summed E-state index contributed by atoms with van der Waals surface area (Å²) in [5.41, 5.74) is 8.34. The van der Waals surface area contributed by atoms with E-state index in [9.17, 15) is 4.79 Å². The van der Waals surface area contributed by atoms with Crippen LogP contribution in [0.2, 0.25) is 0 Å². The van der Waals surface area contributed by atoms with Crippen molar-refractivity contribution in [1.82, 2.24) is 9.55 Å². The standard InChI is InChI=1S/C14H14N4OS/c15-12-5-8-20-13(12)9-17-10-1-3-11(4-2-10)18-7-6-16-14(18)19/h1-8,17H,9,15H2,(H,16,19). The predicted octanol–water partition coefficient (Wildman–Crippen LogP) is 2.42. The molecule has 0 atom stereocenters. The van der Waals surface area contributed by atoms with Crippen molar-refractivity contribution in [2.24, 2.45) is 0 Å². The number of anilines is 2. The summed E-state index contributed by atoms with van der Waals surface area (Å²) >= 11 is 1.63. The van der Waals surface area contributed by atoms with Crippen LogP contribution >= 0.6 is 11.3 Å². The van der Waals surface area contributed by atoms with Gasteiger partial charge in [-0.3, -0.25) is 4.57 Å². The molecule has 0 aliphatic carbocycles. The topological polar surface area (TPSA) is 75.8 Å². The highest BCUT2D eigenvalue weighted by molar-refractivity contribution is 7.10. The molecule has 5 nitrogen and oxygen atoms in total. The molecule has 2 aromatic heterocycles. The Morgan fingerprint density at radius 3 is 2.65 bits per heavy atom.